The third kappa shape index (κ3) is 2.30. The fourth-order valence-corrected chi connectivity index (χ4v) is 3.59. The van der Waals surface area contributed by atoms with Gasteiger partial charge in [0.15, 0.2) is 0 Å². The van der Waals surface area contributed by atoms with Crippen molar-refractivity contribution in [2.45, 2.75) is 43.7 Å². The Morgan fingerprint density at radius 2 is 2.11 bits per heavy atom. The van der Waals surface area contributed by atoms with Gasteiger partial charge in [-0.05, 0) is 37.5 Å². The molecule has 1 aromatic carbocycles. The summed E-state index contributed by atoms with van der Waals surface area (Å²) in [5.74, 6) is 1.64. The van der Waals surface area contributed by atoms with Crippen LogP contribution in [0.4, 0.5) is 0 Å². The average molecular weight is 311 g/mol. The van der Waals surface area contributed by atoms with Crippen LogP contribution in [0.1, 0.15) is 36.2 Å². The number of hydrogen-bond donors (Lipinski definition) is 0. The molecule has 98 valence electrons. The SMILES string of the molecule is CC1CC(C(Br)c2ccc3c(c2)CC(C)O3)CO1. The number of hydrogen-bond acceptors (Lipinski definition) is 2. The Labute approximate surface area is 117 Å². The van der Waals surface area contributed by atoms with Gasteiger partial charge in [-0.3, -0.25) is 0 Å². The van der Waals surface area contributed by atoms with E-state index in [1.165, 1.54) is 11.1 Å². The summed E-state index contributed by atoms with van der Waals surface area (Å²) in [4.78, 5) is 0.392. The second-order valence-corrected chi connectivity index (χ2v) is 6.53. The molecule has 0 aromatic heterocycles. The average Bonchev–Trinajstić information content (AvgIpc) is 2.92. The van der Waals surface area contributed by atoms with E-state index in [0.717, 1.165) is 25.2 Å². The summed E-state index contributed by atoms with van der Waals surface area (Å²) in [6, 6.07) is 6.59. The van der Waals surface area contributed by atoms with Gasteiger partial charge in [-0.15, -0.1) is 0 Å². The summed E-state index contributed by atoms with van der Waals surface area (Å²) >= 11 is 3.84. The van der Waals surface area contributed by atoms with E-state index in [2.05, 4.69) is 48.0 Å². The molecule has 4 unspecified atom stereocenters. The largest absolute Gasteiger partial charge is 0.490 e. The molecule has 4 atom stereocenters. The van der Waals surface area contributed by atoms with Crippen molar-refractivity contribution in [3.8, 4) is 5.75 Å². The molecule has 1 fully saturated rings. The van der Waals surface area contributed by atoms with Gasteiger partial charge in [0.25, 0.3) is 0 Å². The Bertz CT molecular complexity index is 446. The van der Waals surface area contributed by atoms with Gasteiger partial charge in [-0.25, -0.2) is 0 Å². The molecule has 0 bridgehead atoms. The van der Waals surface area contributed by atoms with E-state index in [9.17, 15) is 0 Å². The molecular formula is C15H19BrO2. The maximum Gasteiger partial charge on any atom is 0.123 e. The molecule has 2 aliphatic heterocycles. The highest BCUT2D eigenvalue weighted by molar-refractivity contribution is 9.09. The lowest BCUT2D eigenvalue weighted by atomic mass is 9.95. The fraction of sp³-hybridized carbons (Fsp3) is 0.600. The lowest BCUT2D eigenvalue weighted by Gasteiger charge is -2.17. The second kappa shape index (κ2) is 4.86. The van der Waals surface area contributed by atoms with Crippen molar-refractivity contribution in [1.29, 1.82) is 0 Å². The maximum absolute atomic E-state index is 5.74. The molecule has 0 saturated carbocycles. The molecule has 0 aliphatic carbocycles. The summed E-state index contributed by atoms with van der Waals surface area (Å²) < 4.78 is 11.4. The van der Waals surface area contributed by atoms with Gasteiger partial charge in [0, 0.05) is 17.2 Å². The molecule has 0 spiro atoms. The van der Waals surface area contributed by atoms with Gasteiger partial charge in [-0.2, -0.15) is 0 Å². The molecule has 0 N–H and O–H groups in total. The van der Waals surface area contributed by atoms with Crippen molar-refractivity contribution in [2.75, 3.05) is 6.61 Å². The summed E-state index contributed by atoms with van der Waals surface area (Å²) in [7, 11) is 0. The van der Waals surface area contributed by atoms with Gasteiger partial charge < -0.3 is 9.47 Å². The van der Waals surface area contributed by atoms with E-state index in [4.69, 9.17) is 9.47 Å². The lowest BCUT2D eigenvalue weighted by Crippen LogP contribution is -2.07. The highest BCUT2D eigenvalue weighted by Crippen LogP contribution is 2.40. The van der Waals surface area contributed by atoms with Crippen LogP contribution in [0.3, 0.4) is 0 Å². The van der Waals surface area contributed by atoms with E-state index < -0.39 is 0 Å². The Hall–Kier alpha value is -0.540. The molecular weight excluding hydrogens is 292 g/mol. The highest BCUT2D eigenvalue weighted by Gasteiger charge is 2.30. The zero-order valence-electron chi connectivity index (χ0n) is 10.9. The minimum Gasteiger partial charge on any atom is -0.490 e. The van der Waals surface area contributed by atoms with Gasteiger partial charge in [0.2, 0.25) is 0 Å². The van der Waals surface area contributed by atoms with E-state index in [1.54, 1.807) is 0 Å². The molecule has 18 heavy (non-hydrogen) atoms. The molecule has 0 radical (unpaired) electrons. The monoisotopic (exact) mass is 310 g/mol. The van der Waals surface area contributed by atoms with Crippen LogP contribution in [0.2, 0.25) is 0 Å². The molecule has 2 heterocycles. The third-order valence-electron chi connectivity index (χ3n) is 3.88. The van der Waals surface area contributed by atoms with E-state index in [1.807, 2.05) is 0 Å². The molecule has 1 saturated heterocycles. The maximum atomic E-state index is 5.74. The first-order valence-electron chi connectivity index (χ1n) is 6.68. The fourth-order valence-electron chi connectivity index (χ4n) is 2.94. The number of alkyl halides is 1. The normalized spacial score (nSPS) is 32.1. The zero-order chi connectivity index (χ0) is 12.7. The third-order valence-corrected chi connectivity index (χ3v) is 5.16. The van der Waals surface area contributed by atoms with Crippen LogP contribution < -0.4 is 4.74 Å². The molecule has 2 nitrogen and oxygen atoms in total. The van der Waals surface area contributed by atoms with Crippen LogP contribution >= 0.6 is 15.9 Å². The number of halogens is 1. The van der Waals surface area contributed by atoms with Gasteiger partial charge in [0.1, 0.15) is 11.9 Å². The van der Waals surface area contributed by atoms with Gasteiger partial charge >= 0.3 is 0 Å². The van der Waals surface area contributed by atoms with Crippen LogP contribution in [0.5, 0.6) is 5.75 Å². The zero-order valence-corrected chi connectivity index (χ0v) is 12.4. The molecule has 3 heteroatoms. The number of rotatable bonds is 2. The molecule has 3 rings (SSSR count). The van der Waals surface area contributed by atoms with Crippen molar-refractivity contribution in [1.82, 2.24) is 0 Å². The predicted molar refractivity (Wildman–Crippen MR) is 75.4 cm³/mol. The van der Waals surface area contributed by atoms with E-state index in [0.29, 0.717) is 23.0 Å². The lowest BCUT2D eigenvalue weighted by molar-refractivity contribution is 0.120. The minimum absolute atomic E-state index is 0.318. The van der Waals surface area contributed by atoms with Crippen molar-refractivity contribution in [3.05, 3.63) is 29.3 Å². The van der Waals surface area contributed by atoms with Crippen molar-refractivity contribution in [2.24, 2.45) is 5.92 Å². The molecule has 2 aliphatic rings. The first-order valence-corrected chi connectivity index (χ1v) is 7.60. The van der Waals surface area contributed by atoms with Gasteiger partial charge in [-0.1, -0.05) is 28.1 Å². The van der Waals surface area contributed by atoms with Crippen LogP contribution in [-0.4, -0.2) is 18.8 Å². The van der Waals surface area contributed by atoms with E-state index in [-0.39, 0.29) is 0 Å². The summed E-state index contributed by atoms with van der Waals surface area (Å²) in [5, 5.41) is 0. The van der Waals surface area contributed by atoms with Gasteiger partial charge in [0.05, 0.1) is 12.7 Å². The molecule has 1 aromatic rings. The van der Waals surface area contributed by atoms with Crippen molar-refractivity contribution in [3.63, 3.8) is 0 Å². The quantitative estimate of drug-likeness (QED) is 0.772. The number of benzene rings is 1. The Kier molecular flexibility index (Phi) is 3.37. The van der Waals surface area contributed by atoms with Crippen molar-refractivity contribution < 1.29 is 9.47 Å². The first-order chi connectivity index (χ1) is 8.63. The van der Waals surface area contributed by atoms with Crippen LogP contribution in [0.15, 0.2) is 18.2 Å². The summed E-state index contributed by atoms with van der Waals surface area (Å²) in [6.07, 6.45) is 2.88. The number of ether oxygens (including phenoxy) is 2. The standard InChI is InChI=1S/C15H19BrO2/c1-9-5-13(8-17-9)15(16)11-3-4-14-12(7-11)6-10(2)18-14/h3-4,7,9-10,13,15H,5-6,8H2,1-2H3. The smallest absolute Gasteiger partial charge is 0.123 e. The minimum atomic E-state index is 0.318. The highest BCUT2D eigenvalue weighted by atomic mass is 79.9. The Morgan fingerprint density at radius 1 is 1.28 bits per heavy atom. The topological polar surface area (TPSA) is 18.5 Å². The predicted octanol–water partition coefficient (Wildman–Crippen LogP) is 3.87. The van der Waals surface area contributed by atoms with Crippen LogP contribution in [-0.2, 0) is 11.2 Å². The molecule has 0 amide bonds. The number of fused-ring (bicyclic) bond motifs is 1. The van der Waals surface area contributed by atoms with Crippen LogP contribution in [0, 0.1) is 5.92 Å². The second-order valence-electron chi connectivity index (χ2n) is 5.54. The first kappa shape index (κ1) is 12.5. The Morgan fingerprint density at radius 3 is 2.83 bits per heavy atom. The van der Waals surface area contributed by atoms with Crippen molar-refractivity contribution >= 4 is 15.9 Å². The summed E-state index contributed by atoms with van der Waals surface area (Å²) in [5.41, 5.74) is 2.70. The van der Waals surface area contributed by atoms with E-state index >= 15 is 0 Å². The van der Waals surface area contributed by atoms with Crippen LogP contribution in [0.25, 0.3) is 0 Å². The Balaban J connectivity index is 1.79. The summed E-state index contributed by atoms with van der Waals surface area (Å²) in [6.45, 7) is 5.14.